The summed E-state index contributed by atoms with van der Waals surface area (Å²) in [6.07, 6.45) is 3.03. The van der Waals surface area contributed by atoms with E-state index in [2.05, 4.69) is 31.8 Å². The molecular formula is C15H14BrN3O3. The normalized spacial score (nSPS) is 10.6. The van der Waals surface area contributed by atoms with Crippen LogP contribution in [0.3, 0.4) is 0 Å². The summed E-state index contributed by atoms with van der Waals surface area (Å²) in [5.74, 6) is -0.0328. The molecule has 114 valence electrons. The monoisotopic (exact) mass is 363 g/mol. The van der Waals surface area contributed by atoms with Gasteiger partial charge in [-0.25, -0.2) is 5.43 Å². The number of hydrazone groups is 1. The zero-order valence-electron chi connectivity index (χ0n) is 11.6. The summed E-state index contributed by atoms with van der Waals surface area (Å²) in [5.41, 5.74) is 3.02. The Kier molecular flexibility index (Phi) is 5.91. The highest BCUT2D eigenvalue weighted by Crippen LogP contribution is 2.14. The van der Waals surface area contributed by atoms with E-state index in [0.717, 1.165) is 4.47 Å². The SMILES string of the molecule is O=C(CCC(=O)Nc1ccc(Br)cc1)N/N=C/c1ccco1. The second-order valence-electron chi connectivity index (χ2n) is 4.36. The molecule has 1 aromatic carbocycles. The summed E-state index contributed by atoms with van der Waals surface area (Å²) in [5, 5.41) is 6.44. The molecule has 7 heteroatoms. The maximum atomic E-state index is 11.7. The fourth-order valence-electron chi connectivity index (χ4n) is 1.57. The number of carbonyl (C=O) groups excluding carboxylic acids is 2. The van der Waals surface area contributed by atoms with Crippen LogP contribution in [0.2, 0.25) is 0 Å². The van der Waals surface area contributed by atoms with E-state index in [-0.39, 0.29) is 24.7 Å². The molecule has 0 fully saturated rings. The zero-order valence-corrected chi connectivity index (χ0v) is 13.2. The first-order valence-electron chi connectivity index (χ1n) is 6.54. The number of carbonyl (C=O) groups is 2. The van der Waals surface area contributed by atoms with Gasteiger partial charge in [0, 0.05) is 23.0 Å². The third-order valence-corrected chi connectivity index (χ3v) is 3.16. The van der Waals surface area contributed by atoms with Crippen LogP contribution in [0.25, 0.3) is 0 Å². The minimum absolute atomic E-state index is 0.0534. The molecule has 0 aliphatic heterocycles. The summed E-state index contributed by atoms with van der Waals surface area (Å²) >= 11 is 3.31. The first kappa shape index (κ1) is 16.0. The van der Waals surface area contributed by atoms with Gasteiger partial charge in [-0.2, -0.15) is 5.10 Å². The highest BCUT2D eigenvalue weighted by molar-refractivity contribution is 9.10. The molecule has 1 aromatic heterocycles. The number of halogens is 1. The highest BCUT2D eigenvalue weighted by atomic mass is 79.9. The standard InChI is InChI=1S/C15H14BrN3O3/c16-11-3-5-12(6-4-11)18-14(20)7-8-15(21)19-17-10-13-2-1-9-22-13/h1-6,9-10H,7-8H2,(H,18,20)(H,19,21)/b17-10+. The molecule has 22 heavy (non-hydrogen) atoms. The second kappa shape index (κ2) is 8.14. The highest BCUT2D eigenvalue weighted by Gasteiger charge is 2.06. The molecule has 1 heterocycles. The summed E-state index contributed by atoms with van der Waals surface area (Å²) in [4.78, 5) is 23.2. The Bertz CT molecular complexity index is 651. The molecule has 2 aromatic rings. The number of furan rings is 1. The lowest BCUT2D eigenvalue weighted by molar-refractivity contribution is -0.124. The fraction of sp³-hybridized carbons (Fsp3) is 0.133. The first-order chi connectivity index (χ1) is 10.6. The molecular weight excluding hydrogens is 350 g/mol. The third-order valence-electron chi connectivity index (χ3n) is 2.63. The smallest absolute Gasteiger partial charge is 0.240 e. The Morgan fingerprint density at radius 3 is 2.55 bits per heavy atom. The topological polar surface area (TPSA) is 83.7 Å². The lowest BCUT2D eigenvalue weighted by Gasteiger charge is -2.04. The molecule has 0 spiro atoms. The van der Waals surface area contributed by atoms with Gasteiger partial charge in [0.05, 0.1) is 12.5 Å². The molecule has 0 bridgehead atoms. The van der Waals surface area contributed by atoms with Gasteiger partial charge in [-0.05, 0) is 36.4 Å². The average molecular weight is 364 g/mol. The van der Waals surface area contributed by atoms with Gasteiger partial charge in [0.15, 0.2) is 0 Å². The van der Waals surface area contributed by atoms with Gasteiger partial charge in [0.1, 0.15) is 5.76 Å². The van der Waals surface area contributed by atoms with Crippen LogP contribution in [0.4, 0.5) is 5.69 Å². The molecule has 0 atom stereocenters. The van der Waals surface area contributed by atoms with E-state index in [4.69, 9.17) is 4.42 Å². The molecule has 2 amide bonds. The molecule has 2 N–H and O–H groups in total. The van der Waals surface area contributed by atoms with Crippen molar-refractivity contribution in [3.8, 4) is 0 Å². The Morgan fingerprint density at radius 2 is 1.86 bits per heavy atom. The minimum Gasteiger partial charge on any atom is -0.463 e. The van der Waals surface area contributed by atoms with E-state index in [0.29, 0.717) is 11.4 Å². The van der Waals surface area contributed by atoms with Crippen LogP contribution in [-0.4, -0.2) is 18.0 Å². The van der Waals surface area contributed by atoms with E-state index in [9.17, 15) is 9.59 Å². The Hall–Kier alpha value is -2.41. The minimum atomic E-state index is -0.339. The summed E-state index contributed by atoms with van der Waals surface area (Å²) in [6, 6.07) is 10.6. The lowest BCUT2D eigenvalue weighted by Crippen LogP contribution is -2.20. The number of nitrogens with zero attached hydrogens (tertiary/aromatic N) is 1. The molecule has 2 rings (SSSR count). The van der Waals surface area contributed by atoms with Gasteiger partial charge in [-0.1, -0.05) is 15.9 Å². The van der Waals surface area contributed by atoms with Gasteiger partial charge < -0.3 is 9.73 Å². The molecule has 0 saturated carbocycles. The van der Waals surface area contributed by atoms with Crippen molar-refractivity contribution >= 4 is 39.6 Å². The van der Waals surface area contributed by atoms with Crippen LogP contribution in [0.1, 0.15) is 18.6 Å². The largest absolute Gasteiger partial charge is 0.463 e. The zero-order chi connectivity index (χ0) is 15.8. The van der Waals surface area contributed by atoms with Crippen LogP contribution in [0.5, 0.6) is 0 Å². The summed E-state index contributed by atoms with van der Waals surface area (Å²) in [7, 11) is 0. The van der Waals surface area contributed by atoms with E-state index in [1.165, 1.54) is 12.5 Å². The predicted octanol–water partition coefficient (Wildman–Crippen LogP) is 2.91. The predicted molar refractivity (Wildman–Crippen MR) is 86.5 cm³/mol. The molecule has 0 saturated heterocycles. The van der Waals surface area contributed by atoms with Gasteiger partial charge >= 0.3 is 0 Å². The van der Waals surface area contributed by atoms with Gasteiger partial charge in [-0.3, -0.25) is 9.59 Å². The average Bonchev–Trinajstić information content (AvgIpc) is 3.01. The van der Waals surface area contributed by atoms with Crippen molar-refractivity contribution in [1.82, 2.24) is 5.43 Å². The Labute approximate surface area is 135 Å². The van der Waals surface area contributed by atoms with Crippen molar-refractivity contribution in [2.45, 2.75) is 12.8 Å². The summed E-state index contributed by atoms with van der Waals surface area (Å²) in [6.45, 7) is 0. The molecule has 0 aliphatic carbocycles. The maximum Gasteiger partial charge on any atom is 0.240 e. The number of nitrogens with one attached hydrogen (secondary N) is 2. The van der Waals surface area contributed by atoms with E-state index in [1.54, 1.807) is 24.3 Å². The van der Waals surface area contributed by atoms with Crippen molar-refractivity contribution < 1.29 is 14.0 Å². The van der Waals surface area contributed by atoms with Crippen LogP contribution in [-0.2, 0) is 9.59 Å². The Balaban J connectivity index is 1.69. The third kappa shape index (κ3) is 5.53. The van der Waals surface area contributed by atoms with Crippen molar-refractivity contribution in [2.24, 2.45) is 5.10 Å². The van der Waals surface area contributed by atoms with Crippen LogP contribution in [0.15, 0.2) is 56.7 Å². The lowest BCUT2D eigenvalue weighted by atomic mass is 10.2. The number of amides is 2. The fourth-order valence-corrected chi connectivity index (χ4v) is 1.84. The van der Waals surface area contributed by atoms with Crippen LogP contribution >= 0.6 is 15.9 Å². The number of hydrogen-bond acceptors (Lipinski definition) is 4. The molecule has 0 unspecified atom stereocenters. The maximum absolute atomic E-state index is 11.7. The van der Waals surface area contributed by atoms with Gasteiger partial charge in [0.25, 0.3) is 0 Å². The Morgan fingerprint density at radius 1 is 1.14 bits per heavy atom. The van der Waals surface area contributed by atoms with Crippen LogP contribution < -0.4 is 10.7 Å². The van der Waals surface area contributed by atoms with Gasteiger partial charge in [0.2, 0.25) is 11.8 Å². The second-order valence-corrected chi connectivity index (χ2v) is 5.28. The quantitative estimate of drug-likeness (QED) is 0.611. The van der Waals surface area contributed by atoms with Crippen molar-refractivity contribution in [2.75, 3.05) is 5.32 Å². The van der Waals surface area contributed by atoms with E-state index < -0.39 is 0 Å². The summed E-state index contributed by atoms with van der Waals surface area (Å²) < 4.78 is 5.95. The van der Waals surface area contributed by atoms with Crippen LogP contribution in [0, 0.1) is 0 Å². The van der Waals surface area contributed by atoms with Crippen molar-refractivity contribution in [3.05, 3.63) is 52.9 Å². The van der Waals surface area contributed by atoms with Crippen molar-refractivity contribution in [1.29, 1.82) is 0 Å². The first-order valence-corrected chi connectivity index (χ1v) is 7.33. The number of anilines is 1. The van der Waals surface area contributed by atoms with Gasteiger partial charge in [-0.15, -0.1) is 0 Å². The number of rotatable bonds is 6. The number of hydrogen-bond donors (Lipinski definition) is 2. The number of benzene rings is 1. The molecule has 0 radical (unpaired) electrons. The van der Waals surface area contributed by atoms with Crippen molar-refractivity contribution in [3.63, 3.8) is 0 Å². The molecule has 6 nitrogen and oxygen atoms in total. The van der Waals surface area contributed by atoms with E-state index >= 15 is 0 Å². The van der Waals surface area contributed by atoms with E-state index in [1.807, 2.05) is 12.1 Å². The molecule has 0 aliphatic rings.